The van der Waals surface area contributed by atoms with Crippen LogP contribution in [-0.2, 0) is 4.74 Å². The number of hydrogen-bond donors (Lipinski definition) is 2. The van der Waals surface area contributed by atoms with Gasteiger partial charge in [0.25, 0.3) is 5.91 Å². The summed E-state index contributed by atoms with van der Waals surface area (Å²) in [7, 11) is 0. The Hall–Kier alpha value is -3.37. The number of aromatic amines is 1. The lowest BCUT2D eigenvalue weighted by Gasteiger charge is -2.34. The number of carbonyl (C=O) groups is 1. The zero-order valence-electron chi connectivity index (χ0n) is 16.9. The third-order valence-corrected chi connectivity index (χ3v) is 6.11. The predicted octanol–water partition coefficient (Wildman–Crippen LogP) is 3.78. The Kier molecular flexibility index (Phi) is 5.31. The van der Waals surface area contributed by atoms with Crippen LogP contribution in [0.5, 0.6) is 0 Å². The monoisotopic (exact) mass is 435 g/mol. The van der Waals surface area contributed by atoms with Crippen LogP contribution in [-0.4, -0.2) is 48.6 Å². The number of nitrogens with zero attached hydrogens (tertiary/aromatic N) is 5. The Morgan fingerprint density at radius 1 is 1.39 bits per heavy atom. The van der Waals surface area contributed by atoms with Gasteiger partial charge in [0.05, 0.1) is 29.7 Å². The first kappa shape index (κ1) is 19.6. The molecule has 0 spiro atoms. The highest BCUT2D eigenvalue weighted by atomic mass is 32.1. The lowest BCUT2D eigenvalue weighted by atomic mass is 9.89. The summed E-state index contributed by atoms with van der Waals surface area (Å²) in [6.45, 7) is 2.72. The summed E-state index contributed by atoms with van der Waals surface area (Å²) in [5.41, 5.74) is 3.15. The maximum Gasteiger partial charge on any atom is 0.275 e. The van der Waals surface area contributed by atoms with E-state index in [2.05, 4.69) is 25.5 Å². The topological polar surface area (TPSA) is 111 Å². The van der Waals surface area contributed by atoms with E-state index in [0.29, 0.717) is 29.4 Å². The Bertz CT molecular complexity index is 1160. The highest BCUT2D eigenvalue weighted by molar-refractivity contribution is 7.13. The molecule has 1 aliphatic carbocycles. The Balaban J connectivity index is 1.39. The summed E-state index contributed by atoms with van der Waals surface area (Å²) in [6.07, 6.45) is 9.10. The van der Waals surface area contributed by atoms with Crippen molar-refractivity contribution in [3.63, 3.8) is 0 Å². The molecule has 31 heavy (non-hydrogen) atoms. The number of rotatable bonds is 7. The van der Waals surface area contributed by atoms with Gasteiger partial charge < -0.3 is 10.1 Å². The number of ether oxygens (including phenoxy) is 1. The van der Waals surface area contributed by atoms with Crippen LogP contribution in [0.1, 0.15) is 36.3 Å². The second kappa shape index (κ2) is 8.40. The van der Waals surface area contributed by atoms with Crippen LogP contribution in [0.15, 0.2) is 48.4 Å². The van der Waals surface area contributed by atoms with Crippen LogP contribution in [0, 0.1) is 0 Å². The summed E-state index contributed by atoms with van der Waals surface area (Å²) >= 11 is 1.40. The number of amides is 1. The van der Waals surface area contributed by atoms with Gasteiger partial charge in [0, 0.05) is 36.1 Å². The molecular weight excluding hydrogens is 414 g/mol. The molecule has 4 aromatic rings. The average Bonchev–Trinajstić information content (AvgIpc) is 3.51. The normalized spacial score (nSPS) is 18.0. The first-order valence-corrected chi connectivity index (χ1v) is 11.0. The van der Waals surface area contributed by atoms with E-state index < -0.39 is 0 Å². The van der Waals surface area contributed by atoms with E-state index >= 15 is 0 Å². The minimum Gasteiger partial charge on any atom is -0.378 e. The van der Waals surface area contributed by atoms with Crippen LogP contribution in [0.3, 0.4) is 0 Å². The number of aromatic nitrogens is 6. The van der Waals surface area contributed by atoms with Crippen molar-refractivity contribution in [1.29, 1.82) is 0 Å². The smallest absolute Gasteiger partial charge is 0.275 e. The van der Waals surface area contributed by atoms with Gasteiger partial charge in [-0.1, -0.05) is 6.07 Å². The van der Waals surface area contributed by atoms with Gasteiger partial charge in [-0.15, -0.1) is 11.3 Å². The molecule has 1 amide bonds. The van der Waals surface area contributed by atoms with Crippen LogP contribution in [0.25, 0.3) is 22.0 Å². The number of nitrogens with one attached hydrogen (secondary N) is 2. The Labute approximate surface area is 182 Å². The second-order valence-corrected chi connectivity index (χ2v) is 8.13. The third-order valence-electron chi connectivity index (χ3n) is 5.22. The molecule has 2 N–H and O–H groups in total. The van der Waals surface area contributed by atoms with E-state index in [9.17, 15) is 4.79 Å². The van der Waals surface area contributed by atoms with Crippen molar-refractivity contribution in [2.24, 2.45) is 0 Å². The largest absolute Gasteiger partial charge is 0.378 e. The number of thiazole rings is 1. The SMILES string of the molecule is CCO[C@H]1C[C@@H](n2cc(NC(=O)c3csc(-c4cn[nH]c4)n3)c(-c3ccccn3)n2)C1. The molecule has 1 fully saturated rings. The summed E-state index contributed by atoms with van der Waals surface area (Å²) in [4.78, 5) is 21.8. The summed E-state index contributed by atoms with van der Waals surface area (Å²) in [5, 5.41) is 16.9. The molecule has 4 heterocycles. The maximum atomic E-state index is 12.9. The minimum atomic E-state index is -0.288. The van der Waals surface area contributed by atoms with Crippen LogP contribution < -0.4 is 5.32 Å². The molecule has 10 heteroatoms. The predicted molar refractivity (Wildman–Crippen MR) is 117 cm³/mol. The quantitative estimate of drug-likeness (QED) is 0.457. The molecule has 5 rings (SSSR count). The molecule has 0 unspecified atom stereocenters. The van der Waals surface area contributed by atoms with Crippen molar-refractivity contribution in [3.8, 4) is 22.0 Å². The molecule has 1 saturated carbocycles. The highest BCUT2D eigenvalue weighted by Gasteiger charge is 2.32. The lowest BCUT2D eigenvalue weighted by molar-refractivity contribution is -0.0226. The zero-order chi connectivity index (χ0) is 21.2. The van der Waals surface area contributed by atoms with Gasteiger partial charge in [0.15, 0.2) is 0 Å². The fourth-order valence-electron chi connectivity index (χ4n) is 3.55. The van der Waals surface area contributed by atoms with Crippen molar-refractivity contribution >= 4 is 22.9 Å². The Morgan fingerprint density at radius 2 is 2.29 bits per heavy atom. The van der Waals surface area contributed by atoms with E-state index in [-0.39, 0.29) is 18.1 Å². The number of hydrogen-bond acceptors (Lipinski definition) is 7. The van der Waals surface area contributed by atoms with Gasteiger partial charge in [0.1, 0.15) is 16.4 Å². The second-order valence-electron chi connectivity index (χ2n) is 7.27. The third kappa shape index (κ3) is 3.99. The van der Waals surface area contributed by atoms with Crippen LogP contribution >= 0.6 is 11.3 Å². The molecule has 0 radical (unpaired) electrons. The van der Waals surface area contributed by atoms with Crippen LogP contribution in [0.4, 0.5) is 5.69 Å². The van der Waals surface area contributed by atoms with Gasteiger partial charge in [-0.3, -0.25) is 19.6 Å². The van der Waals surface area contributed by atoms with Gasteiger partial charge in [-0.25, -0.2) is 4.98 Å². The summed E-state index contributed by atoms with van der Waals surface area (Å²) in [6, 6.07) is 5.88. The van der Waals surface area contributed by atoms with Gasteiger partial charge in [-0.05, 0) is 31.9 Å². The molecule has 1 aliphatic rings. The molecule has 158 valence electrons. The van der Waals surface area contributed by atoms with Crippen molar-refractivity contribution in [2.45, 2.75) is 31.9 Å². The van der Waals surface area contributed by atoms with E-state index in [1.165, 1.54) is 11.3 Å². The van der Waals surface area contributed by atoms with Crippen molar-refractivity contribution in [1.82, 2.24) is 29.9 Å². The zero-order valence-corrected chi connectivity index (χ0v) is 17.7. The van der Waals surface area contributed by atoms with Crippen molar-refractivity contribution in [2.75, 3.05) is 11.9 Å². The molecule has 0 atom stereocenters. The number of anilines is 1. The summed E-state index contributed by atoms with van der Waals surface area (Å²) in [5.74, 6) is -0.288. The van der Waals surface area contributed by atoms with Crippen molar-refractivity contribution in [3.05, 3.63) is 54.1 Å². The standard InChI is InChI=1S/C21H21N7O2S/c1-2-30-15-7-14(8-15)28-11-17(19(27-28)16-5-3-4-6-22-16)25-20(29)18-12-31-21(26-18)13-9-23-24-10-13/h3-6,9-12,14-15H,2,7-8H2,1H3,(H,23,24)(H,25,29)/t14-,15+. The van der Waals surface area contributed by atoms with Crippen molar-refractivity contribution < 1.29 is 9.53 Å². The maximum absolute atomic E-state index is 12.9. The van der Waals surface area contributed by atoms with E-state index in [4.69, 9.17) is 9.84 Å². The van der Waals surface area contributed by atoms with E-state index in [1.807, 2.05) is 36.0 Å². The minimum absolute atomic E-state index is 0.247. The van der Waals surface area contributed by atoms with Crippen LogP contribution in [0.2, 0.25) is 0 Å². The molecule has 0 saturated heterocycles. The van der Waals surface area contributed by atoms with E-state index in [0.717, 1.165) is 23.4 Å². The molecule has 0 aromatic carbocycles. The fraction of sp³-hybridized carbons (Fsp3) is 0.286. The van der Waals surface area contributed by atoms with Gasteiger partial charge in [-0.2, -0.15) is 10.2 Å². The number of pyridine rings is 1. The molecule has 0 aliphatic heterocycles. The Morgan fingerprint density at radius 3 is 3.03 bits per heavy atom. The highest BCUT2D eigenvalue weighted by Crippen LogP contribution is 2.37. The van der Waals surface area contributed by atoms with Gasteiger partial charge in [0.2, 0.25) is 0 Å². The lowest BCUT2D eigenvalue weighted by Crippen LogP contribution is -2.33. The molecule has 9 nitrogen and oxygen atoms in total. The molecule has 0 bridgehead atoms. The first-order valence-electron chi connectivity index (χ1n) is 10.1. The number of H-pyrrole nitrogens is 1. The first-order chi connectivity index (χ1) is 15.2. The van der Waals surface area contributed by atoms with Gasteiger partial charge >= 0.3 is 0 Å². The average molecular weight is 436 g/mol. The summed E-state index contributed by atoms with van der Waals surface area (Å²) < 4.78 is 7.58. The molecule has 4 aromatic heterocycles. The molecular formula is C21H21N7O2S. The van der Waals surface area contributed by atoms with E-state index in [1.54, 1.807) is 24.0 Å². The number of carbonyl (C=O) groups excluding carboxylic acids is 1. The fourth-order valence-corrected chi connectivity index (χ4v) is 4.33.